The molecule has 0 bridgehead atoms. The van der Waals surface area contributed by atoms with E-state index in [0.29, 0.717) is 5.82 Å². The normalized spacial score (nSPS) is 17.1. The van der Waals surface area contributed by atoms with Crippen molar-refractivity contribution in [1.29, 1.82) is 0 Å². The highest BCUT2D eigenvalue weighted by molar-refractivity contribution is 5.95. The van der Waals surface area contributed by atoms with Gasteiger partial charge in [-0.1, -0.05) is 17.3 Å². The first-order valence-electron chi connectivity index (χ1n) is 8.85. The topological polar surface area (TPSA) is 72.7 Å². The van der Waals surface area contributed by atoms with E-state index in [1.54, 1.807) is 23.1 Å². The highest BCUT2D eigenvalue weighted by atomic mass is 19.3. The summed E-state index contributed by atoms with van der Waals surface area (Å²) >= 11 is 0. The molecule has 0 aliphatic heterocycles. The minimum absolute atomic E-state index is 0.198. The summed E-state index contributed by atoms with van der Waals surface area (Å²) in [5, 5.41) is 12.4. The summed E-state index contributed by atoms with van der Waals surface area (Å²) < 4.78 is 28.2. The number of carbonyl (C=O) groups excluding carboxylic acids is 1. The van der Waals surface area contributed by atoms with Gasteiger partial charge in [-0.2, -0.15) is 0 Å². The average Bonchev–Trinajstić information content (AvgIpc) is 3.07. The highest BCUT2D eigenvalue weighted by Gasteiger charge is 2.37. The number of nitrogens with zero attached hydrogens (tertiary/aromatic N) is 4. The van der Waals surface area contributed by atoms with Gasteiger partial charge in [0.05, 0.1) is 11.9 Å². The fraction of sp³-hybridized carbons (Fsp3) is 0.368. The zero-order valence-corrected chi connectivity index (χ0v) is 14.8. The van der Waals surface area contributed by atoms with Crippen molar-refractivity contribution in [2.45, 2.75) is 31.6 Å². The van der Waals surface area contributed by atoms with Crippen LogP contribution in [-0.2, 0) is 11.8 Å². The largest absolute Gasteiger partial charge is 0.310 e. The third-order valence-electron chi connectivity index (χ3n) is 5.07. The molecule has 0 unspecified atom stereocenters. The first-order chi connectivity index (χ1) is 12.9. The summed E-state index contributed by atoms with van der Waals surface area (Å²) in [7, 11) is 1.82. The van der Waals surface area contributed by atoms with E-state index in [1.807, 2.05) is 25.2 Å². The number of anilines is 1. The Hall–Kier alpha value is -2.90. The number of amides is 1. The van der Waals surface area contributed by atoms with E-state index in [2.05, 4.69) is 20.6 Å². The molecule has 1 aliphatic carbocycles. The number of hydrogen-bond acceptors (Lipinski definition) is 4. The zero-order valence-electron chi connectivity index (χ0n) is 14.8. The predicted octanol–water partition coefficient (Wildman–Crippen LogP) is 3.79. The van der Waals surface area contributed by atoms with Gasteiger partial charge in [0.25, 0.3) is 0 Å². The van der Waals surface area contributed by atoms with Gasteiger partial charge in [0.2, 0.25) is 11.8 Å². The lowest BCUT2D eigenvalue weighted by molar-refractivity contribution is -0.124. The number of aryl methyl sites for hydroxylation is 1. The van der Waals surface area contributed by atoms with Crippen molar-refractivity contribution in [3.05, 3.63) is 36.7 Å². The van der Waals surface area contributed by atoms with Gasteiger partial charge in [-0.15, -0.1) is 5.10 Å². The molecule has 1 amide bonds. The molecule has 2 heterocycles. The second kappa shape index (κ2) is 6.68. The molecule has 6 nitrogen and oxygen atoms in total. The molecular weight excluding hydrogens is 352 g/mol. The SMILES string of the molecule is Cn1nncc1-c1ccc2cnc(NC(=O)C3CCC(F)(F)CC3)cc2c1. The monoisotopic (exact) mass is 371 g/mol. The number of hydrogen-bond donors (Lipinski definition) is 1. The summed E-state index contributed by atoms with van der Waals surface area (Å²) in [5.41, 5.74) is 1.83. The third kappa shape index (κ3) is 3.65. The van der Waals surface area contributed by atoms with E-state index in [-0.39, 0.29) is 31.6 Å². The Balaban J connectivity index is 1.54. The molecule has 27 heavy (non-hydrogen) atoms. The Bertz CT molecular complexity index is 991. The fourth-order valence-electron chi connectivity index (χ4n) is 3.45. The minimum atomic E-state index is -2.64. The van der Waals surface area contributed by atoms with Crippen LogP contribution in [0.5, 0.6) is 0 Å². The van der Waals surface area contributed by atoms with Crippen molar-refractivity contribution < 1.29 is 13.6 Å². The Labute approximate surface area is 154 Å². The maximum absolute atomic E-state index is 13.3. The van der Waals surface area contributed by atoms with Gasteiger partial charge < -0.3 is 5.32 Å². The maximum atomic E-state index is 13.3. The van der Waals surface area contributed by atoms with Crippen LogP contribution < -0.4 is 5.32 Å². The Morgan fingerprint density at radius 1 is 1.19 bits per heavy atom. The van der Waals surface area contributed by atoms with Crippen LogP contribution in [0.15, 0.2) is 36.7 Å². The van der Waals surface area contributed by atoms with E-state index in [4.69, 9.17) is 0 Å². The number of halogens is 2. The Kier molecular flexibility index (Phi) is 4.33. The lowest BCUT2D eigenvalue weighted by Crippen LogP contribution is -2.32. The quantitative estimate of drug-likeness (QED) is 0.760. The van der Waals surface area contributed by atoms with Crippen LogP contribution in [0.25, 0.3) is 22.0 Å². The van der Waals surface area contributed by atoms with Gasteiger partial charge in [0.15, 0.2) is 0 Å². The van der Waals surface area contributed by atoms with Crippen molar-refractivity contribution in [1.82, 2.24) is 20.0 Å². The van der Waals surface area contributed by atoms with Crippen molar-refractivity contribution in [2.24, 2.45) is 13.0 Å². The predicted molar refractivity (Wildman–Crippen MR) is 97.3 cm³/mol. The molecule has 0 radical (unpaired) electrons. The molecule has 0 atom stereocenters. The lowest BCUT2D eigenvalue weighted by Gasteiger charge is -2.27. The standard InChI is InChI=1S/C19H19F2N5O/c1-26-16(11-23-25-26)13-2-3-14-10-22-17(9-15(14)8-13)24-18(27)12-4-6-19(20,21)7-5-12/h2-3,8-12H,4-7H2,1H3,(H,22,24,27). The van der Waals surface area contributed by atoms with E-state index in [9.17, 15) is 13.6 Å². The van der Waals surface area contributed by atoms with Crippen molar-refractivity contribution >= 4 is 22.5 Å². The molecule has 2 aromatic heterocycles. The molecule has 1 fully saturated rings. The van der Waals surface area contributed by atoms with E-state index >= 15 is 0 Å². The fourth-order valence-corrected chi connectivity index (χ4v) is 3.45. The van der Waals surface area contributed by atoms with Gasteiger partial charge in [-0.3, -0.25) is 4.79 Å². The summed E-state index contributed by atoms with van der Waals surface area (Å²) in [6, 6.07) is 7.67. The van der Waals surface area contributed by atoms with Gasteiger partial charge in [0.1, 0.15) is 5.82 Å². The minimum Gasteiger partial charge on any atom is -0.310 e. The second-order valence-corrected chi connectivity index (χ2v) is 6.99. The van der Waals surface area contributed by atoms with E-state index in [1.165, 1.54) is 0 Å². The number of carbonyl (C=O) groups is 1. The van der Waals surface area contributed by atoms with Crippen molar-refractivity contribution in [3.8, 4) is 11.3 Å². The molecule has 0 saturated heterocycles. The van der Waals surface area contributed by atoms with Crippen LogP contribution in [0, 0.1) is 5.92 Å². The molecule has 3 aromatic rings. The zero-order chi connectivity index (χ0) is 19.0. The first kappa shape index (κ1) is 17.5. The van der Waals surface area contributed by atoms with Crippen LogP contribution in [-0.4, -0.2) is 31.8 Å². The number of aromatic nitrogens is 4. The van der Waals surface area contributed by atoms with Crippen molar-refractivity contribution in [3.63, 3.8) is 0 Å². The van der Waals surface area contributed by atoms with Gasteiger partial charge >= 0.3 is 0 Å². The lowest BCUT2D eigenvalue weighted by atomic mass is 9.86. The first-order valence-corrected chi connectivity index (χ1v) is 8.85. The highest BCUT2D eigenvalue weighted by Crippen LogP contribution is 2.36. The number of benzene rings is 1. The number of rotatable bonds is 3. The summed E-state index contributed by atoms with van der Waals surface area (Å²) in [4.78, 5) is 16.7. The van der Waals surface area contributed by atoms with Gasteiger partial charge in [0, 0.05) is 43.0 Å². The van der Waals surface area contributed by atoms with E-state index in [0.717, 1.165) is 22.0 Å². The van der Waals surface area contributed by atoms with Crippen LogP contribution in [0.4, 0.5) is 14.6 Å². The molecule has 1 saturated carbocycles. The van der Waals surface area contributed by atoms with Crippen LogP contribution >= 0.6 is 0 Å². The smallest absolute Gasteiger partial charge is 0.248 e. The summed E-state index contributed by atoms with van der Waals surface area (Å²) in [5.74, 6) is -2.86. The Morgan fingerprint density at radius 2 is 1.96 bits per heavy atom. The number of alkyl halides is 2. The molecular formula is C19H19F2N5O. The van der Waals surface area contributed by atoms with Crippen LogP contribution in [0.3, 0.4) is 0 Å². The van der Waals surface area contributed by atoms with E-state index < -0.39 is 11.8 Å². The van der Waals surface area contributed by atoms with Crippen LogP contribution in [0.1, 0.15) is 25.7 Å². The molecule has 4 rings (SSSR count). The molecule has 140 valence electrons. The molecule has 1 aromatic carbocycles. The summed E-state index contributed by atoms with van der Waals surface area (Å²) in [6.07, 6.45) is 3.29. The molecule has 0 spiro atoms. The van der Waals surface area contributed by atoms with Crippen molar-refractivity contribution in [2.75, 3.05) is 5.32 Å². The number of fused-ring (bicyclic) bond motifs is 1. The number of pyridine rings is 1. The molecule has 1 N–H and O–H groups in total. The third-order valence-corrected chi connectivity index (χ3v) is 5.07. The van der Waals surface area contributed by atoms with Gasteiger partial charge in [-0.25, -0.2) is 18.4 Å². The second-order valence-electron chi connectivity index (χ2n) is 6.99. The molecule has 8 heteroatoms. The van der Waals surface area contributed by atoms with Gasteiger partial charge in [-0.05, 0) is 30.4 Å². The summed E-state index contributed by atoms with van der Waals surface area (Å²) in [6.45, 7) is 0. The Morgan fingerprint density at radius 3 is 2.67 bits per heavy atom. The molecule has 1 aliphatic rings. The van der Waals surface area contributed by atoms with Crippen LogP contribution in [0.2, 0.25) is 0 Å². The maximum Gasteiger partial charge on any atom is 0.248 e. The average molecular weight is 371 g/mol. The number of nitrogens with one attached hydrogen (secondary N) is 1.